The fraction of sp³-hybridized carbons (Fsp3) is 0.444. The average Bonchev–Trinajstić information content (AvgIpc) is 2.89. The second kappa shape index (κ2) is 8.31. The summed E-state index contributed by atoms with van der Waals surface area (Å²) in [7, 11) is 0. The van der Waals surface area contributed by atoms with Gasteiger partial charge in [-0.1, -0.05) is 18.2 Å². The number of para-hydroxylation sites is 1. The normalized spacial score (nSPS) is 15.1. The molecule has 0 aliphatic carbocycles. The molecule has 6 N–H and O–H groups in total. The lowest BCUT2D eigenvalue weighted by Gasteiger charge is -2.16. The van der Waals surface area contributed by atoms with E-state index in [4.69, 9.17) is 26.2 Å². The van der Waals surface area contributed by atoms with Crippen molar-refractivity contribution < 1.29 is 30.0 Å². The SMILES string of the molecule is Cc1c(CCN)c2cccc3c2n1CCC3.O=C(O)[C@H](O)[C@@H](O)C(=O)O. The molecule has 0 amide bonds. The van der Waals surface area contributed by atoms with Crippen molar-refractivity contribution in [2.45, 2.75) is 44.9 Å². The first kappa shape index (κ1) is 19.9. The van der Waals surface area contributed by atoms with Crippen LogP contribution in [0.1, 0.15) is 23.2 Å². The molecule has 1 aliphatic rings. The molecule has 1 aromatic carbocycles. The first-order valence-corrected chi connectivity index (χ1v) is 8.41. The molecule has 142 valence electrons. The molecule has 2 heterocycles. The van der Waals surface area contributed by atoms with Gasteiger partial charge in [-0.3, -0.25) is 0 Å². The van der Waals surface area contributed by atoms with Crippen molar-refractivity contribution in [2.24, 2.45) is 5.73 Å². The lowest BCUT2D eigenvalue weighted by Crippen LogP contribution is -2.39. The number of carbonyl (C=O) groups is 2. The molecule has 8 heteroatoms. The predicted octanol–water partition coefficient (Wildman–Crippen LogP) is 0.275. The predicted molar refractivity (Wildman–Crippen MR) is 95.0 cm³/mol. The Hall–Kier alpha value is -2.42. The third-order valence-electron chi connectivity index (χ3n) is 4.58. The van der Waals surface area contributed by atoms with Gasteiger partial charge in [0.25, 0.3) is 0 Å². The lowest BCUT2D eigenvalue weighted by molar-refractivity contribution is -0.165. The number of aliphatic hydroxyl groups excluding tert-OH is 2. The summed E-state index contributed by atoms with van der Waals surface area (Å²) in [6, 6.07) is 6.70. The Balaban J connectivity index is 0.000000213. The molecule has 26 heavy (non-hydrogen) atoms. The van der Waals surface area contributed by atoms with E-state index in [0.717, 1.165) is 13.0 Å². The summed E-state index contributed by atoms with van der Waals surface area (Å²) in [5.74, 6) is -3.54. The summed E-state index contributed by atoms with van der Waals surface area (Å²) < 4.78 is 2.49. The van der Waals surface area contributed by atoms with E-state index in [1.807, 2.05) is 0 Å². The van der Waals surface area contributed by atoms with E-state index in [1.54, 1.807) is 0 Å². The third-order valence-corrected chi connectivity index (χ3v) is 4.58. The van der Waals surface area contributed by atoms with Crippen LogP contribution in [0, 0.1) is 6.92 Å². The van der Waals surface area contributed by atoms with Crippen LogP contribution < -0.4 is 5.73 Å². The van der Waals surface area contributed by atoms with E-state index in [-0.39, 0.29) is 0 Å². The zero-order chi connectivity index (χ0) is 19.4. The van der Waals surface area contributed by atoms with Gasteiger partial charge >= 0.3 is 11.9 Å². The van der Waals surface area contributed by atoms with E-state index in [0.29, 0.717) is 0 Å². The van der Waals surface area contributed by atoms with Crippen molar-refractivity contribution in [2.75, 3.05) is 6.54 Å². The van der Waals surface area contributed by atoms with Crippen LogP contribution >= 0.6 is 0 Å². The molecular weight excluding hydrogens is 340 g/mol. The zero-order valence-corrected chi connectivity index (χ0v) is 14.6. The number of benzene rings is 1. The molecule has 1 aromatic heterocycles. The number of nitrogens with zero attached hydrogens (tertiary/aromatic N) is 1. The van der Waals surface area contributed by atoms with Crippen molar-refractivity contribution >= 4 is 22.8 Å². The van der Waals surface area contributed by atoms with Crippen LogP contribution in [0.15, 0.2) is 18.2 Å². The molecule has 0 saturated carbocycles. The molecule has 3 rings (SSSR count). The third kappa shape index (κ3) is 3.87. The Labute approximate surface area is 150 Å². The van der Waals surface area contributed by atoms with Crippen molar-refractivity contribution in [3.8, 4) is 0 Å². The van der Waals surface area contributed by atoms with Crippen molar-refractivity contribution in [1.29, 1.82) is 0 Å². The fourth-order valence-corrected chi connectivity index (χ4v) is 3.32. The van der Waals surface area contributed by atoms with Gasteiger partial charge in [0, 0.05) is 17.6 Å². The number of aliphatic hydroxyl groups is 2. The molecule has 8 nitrogen and oxygen atoms in total. The maximum atomic E-state index is 9.77. The molecule has 0 saturated heterocycles. The van der Waals surface area contributed by atoms with Crippen LogP contribution in [0.2, 0.25) is 0 Å². The Bertz CT molecular complexity index is 796. The summed E-state index contributed by atoms with van der Waals surface area (Å²) in [4.78, 5) is 19.5. The van der Waals surface area contributed by atoms with Crippen LogP contribution in [0.3, 0.4) is 0 Å². The molecule has 0 spiro atoms. The van der Waals surface area contributed by atoms with Gasteiger partial charge in [0.05, 0.1) is 5.52 Å². The summed E-state index contributed by atoms with van der Waals surface area (Å²) >= 11 is 0. The van der Waals surface area contributed by atoms with Crippen molar-refractivity contribution in [1.82, 2.24) is 4.57 Å². The summed E-state index contributed by atoms with van der Waals surface area (Å²) in [6.07, 6.45) is -1.04. The number of aryl methyl sites for hydroxylation is 2. The van der Waals surface area contributed by atoms with Gasteiger partial charge in [0.15, 0.2) is 12.2 Å². The molecule has 1 aliphatic heterocycles. The fourth-order valence-electron chi connectivity index (χ4n) is 3.32. The molecule has 0 bridgehead atoms. The van der Waals surface area contributed by atoms with Crippen molar-refractivity contribution in [3.05, 3.63) is 35.0 Å². The quantitative estimate of drug-likeness (QED) is 0.512. The second-order valence-electron chi connectivity index (χ2n) is 6.24. The highest BCUT2D eigenvalue weighted by Gasteiger charge is 2.29. The highest BCUT2D eigenvalue weighted by Crippen LogP contribution is 2.32. The topological polar surface area (TPSA) is 146 Å². The standard InChI is InChI=1S/C14H18N2.C4H6O6/c1-10-12(7-8-15)13-6-2-4-11-5-3-9-16(10)14(11)13;5-1(3(7)8)2(6)4(9)10/h2,4,6H,3,5,7-9,15H2,1H3;1-2,5-6H,(H,7,8)(H,9,10)/t;1-,2-/m.1/s1. The molecule has 0 radical (unpaired) electrons. The Morgan fingerprint density at radius 2 is 1.81 bits per heavy atom. The molecule has 0 fully saturated rings. The van der Waals surface area contributed by atoms with Gasteiger partial charge in [-0.25, -0.2) is 9.59 Å². The summed E-state index contributed by atoms with van der Waals surface area (Å²) in [5, 5.41) is 34.0. The monoisotopic (exact) mass is 364 g/mol. The number of rotatable bonds is 5. The number of carboxylic acid groups (broad SMARTS) is 2. The Morgan fingerprint density at radius 1 is 1.19 bits per heavy atom. The number of hydrogen-bond donors (Lipinski definition) is 5. The molecule has 2 atom stereocenters. The first-order chi connectivity index (χ1) is 12.3. The van der Waals surface area contributed by atoms with Crippen LogP contribution in [0.5, 0.6) is 0 Å². The van der Waals surface area contributed by atoms with E-state index >= 15 is 0 Å². The van der Waals surface area contributed by atoms with E-state index in [2.05, 4.69) is 29.7 Å². The minimum Gasteiger partial charge on any atom is -0.479 e. The molecular formula is C18H24N2O6. The van der Waals surface area contributed by atoms with E-state index in [1.165, 1.54) is 47.1 Å². The highest BCUT2D eigenvalue weighted by molar-refractivity contribution is 5.88. The molecule has 0 unspecified atom stereocenters. The first-order valence-electron chi connectivity index (χ1n) is 8.41. The Kier molecular flexibility index (Phi) is 6.36. The number of aromatic nitrogens is 1. The van der Waals surface area contributed by atoms with Crippen molar-refractivity contribution in [3.63, 3.8) is 0 Å². The van der Waals surface area contributed by atoms with Gasteiger partial charge in [0.2, 0.25) is 0 Å². The molecule has 2 aromatic rings. The van der Waals surface area contributed by atoms with Crippen LogP contribution in [-0.2, 0) is 29.0 Å². The smallest absolute Gasteiger partial charge is 0.335 e. The lowest BCUT2D eigenvalue weighted by atomic mass is 10.0. The van der Waals surface area contributed by atoms with Gasteiger partial charge in [0.1, 0.15) is 0 Å². The average molecular weight is 364 g/mol. The number of carboxylic acids is 2. The van der Waals surface area contributed by atoms with Gasteiger partial charge < -0.3 is 30.7 Å². The minimum absolute atomic E-state index is 0.740. The highest BCUT2D eigenvalue weighted by atomic mass is 16.4. The van der Waals surface area contributed by atoms with Crippen LogP contribution in [-0.4, -0.2) is 55.7 Å². The van der Waals surface area contributed by atoms with E-state index in [9.17, 15) is 9.59 Å². The summed E-state index contributed by atoms with van der Waals surface area (Å²) in [5.41, 5.74) is 11.6. The van der Waals surface area contributed by atoms with Gasteiger partial charge in [-0.2, -0.15) is 0 Å². The van der Waals surface area contributed by atoms with Crippen LogP contribution in [0.25, 0.3) is 10.9 Å². The van der Waals surface area contributed by atoms with Crippen LogP contribution in [0.4, 0.5) is 0 Å². The maximum absolute atomic E-state index is 9.77. The number of hydrogen-bond acceptors (Lipinski definition) is 5. The second-order valence-corrected chi connectivity index (χ2v) is 6.24. The van der Waals surface area contributed by atoms with Gasteiger partial charge in [-0.05, 0) is 43.9 Å². The largest absolute Gasteiger partial charge is 0.479 e. The van der Waals surface area contributed by atoms with Gasteiger partial charge in [-0.15, -0.1) is 0 Å². The minimum atomic E-state index is -2.27. The van der Waals surface area contributed by atoms with E-state index < -0.39 is 24.1 Å². The maximum Gasteiger partial charge on any atom is 0.335 e. The number of nitrogens with two attached hydrogens (primary N) is 1. The zero-order valence-electron chi connectivity index (χ0n) is 14.6. The summed E-state index contributed by atoms with van der Waals surface area (Å²) in [6.45, 7) is 4.15. The Morgan fingerprint density at radius 3 is 2.35 bits per heavy atom. The number of aliphatic carboxylic acids is 2.